The summed E-state index contributed by atoms with van der Waals surface area (Å²) in [5.41, 5.74) is 4.51. The molecule has 3 N–H and O–H groups in total. The summed E-state index contributed by atoms with van der Waals surface area (Å²) >= 11 is 6.03. The Morgan fingerprint density at radius 1 is 0.943 bits per heavy atom. The molecule has 0 radical (unpaired) electrons. The Balaban J connectivity index is 1.55. The van der Waals surface area contributed by atoms with Crippen LogP contribution in [0.3, 0.4) is 0 Å². The standard InChI is InChI=1S/C25H22ClFN4O4/c1-2-16-3-8-20(9-4-16)29-23(32)15-35-22-12-5-18(26)13-17(22)14-28-31-25(34)24(33)30-21-10-6-19(27)7-11-21/h3-14H,2,15H2,1H3,(H,29,32)(H,30,33)(H,31,34)/b28-14-. The number of benzene rings is 3. The van der Waals surface area contributed by atoms with Gasteiger partial charge in [-0.25, -0.2) is 9.82 Å². The fourth-order valence-electron chi connectivity index (χ4n) is 2.85. The normalized spacial score (nSPS) is 10.6. The number of hydrazone groups is 1. The Hall–Kier alpha value is -4.24. The minimum atomic E-state index is -1.04. The Morgan fingerprint density at radius 2 is 1.60 bits per heavy atom. The molecular weight excluding hydrogens is 475 g/mol. The molecule has 10 heteroatoms. The first-order valence-electron chi connectivity index (χ1n) is 10.5. The lowest BCUT2D eigenvalue weighted by atomic mass is 10.1. The van der Waals surface area contributed by atoms with E-state index in [0.29, 0.717) is 22.0 Å². The predicted octanol–water partition coefficient (Wildman–Crippen LogP) is 4.15. The summed E-state index contributed by atoms with van der Waals surface area (Å²) in [6.07, 6.45) is 2.13. The van der Waals surface area contributed by atoms with Gasteiger partial charge in [0, 0.05) is 22.0 Å². The van der Waals surface area contributed by atoms with Crippen molar-refractivity contribution in [3.05, 3.63) is 88.7 Å². The highest BCUT2D eigenvalue weighted by Gasteiger charge is 2.13. The molecule has 0 bridgehead atoms. The van der Waals surface area contributed by atoms with E-state index in [1.165, 1.54) is 24.4 Å². The van der Waals surface area contributed by atoms with Crippen LogP contribution in [0.15, 0.2) is 71.8 Å². The van der Waals surface area contributed by atoms with Gasteiger partial charge >= 0.3 is 11.8 Å². The first-order valence-corrected chi connectivity index (χ1v) is 10.9. The van der Waals surface area contributed by atoms with E-state index >= 15 is 0 Å². The highest BCUT2D eigenvalue weighted by Crippen LogP contribution is 2.21. The third kappa shape index (κ3) is 7.94. The molecule has 0 unspecified atom stereocenters. The Kier molecular flexibility index (Phi) is 8.91. The molecule has 0 aromatic heterocycles. The van der Waals surface area contributed by atoms with Crippen LogP contribution in [0.25, 0.3) is 0 Å². The van der Waals surface area contributed by atoms with E-state index in [2.05, 4.69) is 21.2 Å². The van der Waals surface area contributed by atoms with Gasteiger partial charge in [-0.1, -0.05) is 30.7 Å². The lowest BCUT2D eigenvalue weighted by molar-refractivity contribution is -0.136. The van der Waals surface area contributed by atoms with Crippen molar-refractivity contribution >= 4 is 46.9 Å². The third-order valence-electron chi connectivity index (χ3n) is 4.65. The summed E-state index contributed by atoms with van der Waals surface area (Å²) < 4.78 is 18.5. The van der Waals surface area contributed by atoms with Gasteiger partial charge in [0.25, 0.3) is 5.91 Å². The highest BCUT2D eigenvalue weighted by molar-refractivity contribution is 6.39. The van der Waals surface area contributed by atoms with Crippen molar-refractivity contribution in [1.29, 1.82) is 0 Å². The molecule has 180 valence electrons. The molecule has 0 aliphatic heterocycles. The molecule has 8 nitrogen and oxygen atoms in total. The summed E-state index contributed by atoms with van der Waals surface area (Å²) in [6.45, 7) is 1.77. The number of nitrogens with one attached hydrogen (secondary N) is 3. The van der Waals surface area contributed by atoms with Gasteiger partial charge in [0.15, 0.2) is 6.61 Å². The van der Waals surface area contributed by atoms with Crippen LogP contribution in [0.2, 0.25) is 5.02 Å². The lowest BCUT2D eigenvalue weighted by Gasteiger charge is -2.10. The Labute approximate surface area is 206 Å². The SMILES string of the molecule is CCc1ccc(NC(=O)COc2ccc(Cl)cc2/C=N\NC(=O)C(=O)Nc2ccc(F)cc2)cc1. The number of ether oxygens (including phenoxy) is 1. The van der Waals surface area contributed by atoms with Crippen molar-refractivity contribution in [3.8, 4) is 5.75 Å². The third-order valence-corrected chi connectivity index (χ3v) is 4.89. The first-order chi connectivity index (χ1) is 16.8. The molecule has 3 rings (SSSR count). The van der Waals surface area contributed by atoms with E-state index in [-0.39, 0.29) is 18.2 Å². The fourth-order valence-corrected chi connectivity index (χ4v) is 3.03. The smallest absolute Gasteiger partial charge is 0.329 e. The van der Waals surface area contributed by atoms with Gasteiger partial charge in [-0.3, -0.25) is 14.4 Å². The summed E-state index contributed by atoms with van der Waals surface area (Å²) in [5.74, 6) is -2.57. The van der Waals surface area contributed by atoms with E-state index in [1.54, 1.807) is 12.1 Å². The number of amides is 3. The summed E-state index contributed by atoms with van der Waals surface area (Å²) in [4.78, 5) is 36.2. The molecule has 3 aromatic rings. The zero-order valence-electron chi connectivity index (χ0n) is 18.7. The molecule has 3 amide bonds. The largest absolute Gasteiger partial charge is 0.483 e. The molecule has 0 aliphatic carbocycles. The maximum absolute atomic E-state index is 12.9. The van der Waals surface area contributed by atoms with Gasteiger partial charge < -0.3 is 15.4 Å². The highest BCUT2D eigenvalue weighted by atomic mass is 35.5. The first kappa shape index (κ1) is 25.4. The quantitative estimate of drug-likeness (QED) is 0.247. The topological polar surface area (TPSA) is 109 Å². The van der Waals surface area contributed by atoms with Crippen molar-refractivity contribution in [2.45, 2.75) is 13.3 Å². The van der Waals surface area contributed by atoms with Crippen LogP contribution in [0, 0.1) is 5.82 Å². The second kappa shape index (κ2) is 12.3. The van der Waals surface area contributed by atoms with Gasteiger partial charge in [-0.15, -0.1) is 0 Å². The van der Waals surface area contributed by atoms with Crippen molar-refractivity contribution in [1.82, 2.24) is 5.43 Å². The van der Waals surface area contributed by atoms with E-state index in [1.807, 2.05) is 31.2 Å². The molecule has 0 atom stereocenters. The molecule has 3 aromatic carbocycles. The van der Waals surface area contributed by atoms with Crippen LogP contribution in [0.1, 0.15) is 18.1 Å². The van der Waals surface area contributed by atoms with Crippen LogP contribution in [-0.2, 0) is 20.8 Å². The number of rotatable bonds is 8. The maximum atomic E-state index is 12.9. The van der Waals surface area contributed by atoms with Crippen molar-refractivity contribution in [3.63, 3.8) is 0 Å². The van der Waals surface area contributed by atoms with Gasteiger partial charge in [0.1, 0.15) is 11.6 Å². The van der Waals surface area contributed by atoms with Gasteiger partial charge in [-0.2, -0.15) is 5.10 Å². The summed E-state index contributed by atoms with van der Waals surface area (Å²) in [5, 5.41) is 9.18. The number of hydrogen-bond donors (Lipinski definition) is 3. The molecule has 0 heterocycles. The van der Waals surface area contributed by atoms with Crippen molar-refractivity contribution < 1.29 is 23.5 Å². The van der Waals surface area contributed by atoms with Gasteiger partial charge in [0.05, 0.1) is 6.21 Å². The van der Waals surface area contributed by atoms with Crippen LogP contribution in [0.4, 0.5) is 15.8 Å². The number of carbonyl (C=O) groups is 3. The average molecular weight is 497 g/mol. The lowest BCUT2D eigenvalue weighted by Crippen LogP contribution is -2.32. The van der Waals surface area contributed by atoms with Crippen LogP contribution in [0.5, 0.6) is 5.75 Å². The molecule has 0 fully saturated rings. The molecule has 0 saturated heterocycles. The number of halogens is 2. The number of hydrogen-bond acceptors (Lipinski definition) is 5. The Bertz CT molecular complexity index is 1230. The van der Waals surface area contributed by atoms with Crippen LogP contribution >= 0.6 is 11.6 Å². The zero-order chi connectivity index (χ0) is 25.2. The zero-order valence-corrected chi connectivity index (χ0v) is 19.4. The summed E-state index contributed by atoms with van der Waals surface area (Å²) in [7, 11) is 0. The fraction of sp³-hybridized carbons (Fsp3) is 0.120. The number of nitrogens with zero attached hydrogens (tertiary/aromatic N) is 1. The van der Waals surface area contributed by atoms with Crippen molar-refractivity contribution in [2.24, 2.45) is 5.10 Å². The monoisotopic (exact) mass is 496 g/mol. The molecule has 0 aliphatic rings. The second-order valence-corrected chi connectivity index (χ2v) is 7.67. The van der Waals surface area contributed by atoms with Gasteiger partial charge in [0.2, 0.25) is 0 Å². The minimum absolute atomic E-state index is 0.251. The maximum Gasteiger partial charge on any atom is 0.329 e. The van der Waals surface area contributed by atoms with Crippen LogP contribution in [-0.4, -0.2) is 30.5 Å². The second-order valence-electron chi connectivity index (χ2n) is 7.23. The van der Waals surface area contributed by atoms with Crippen molar-refractivity contribution in [2.75, 3.05) is 17.2 Å². The summed E-state index contributed by atoms with van der Waals surface area (Å²) in [6, 6.07) is 17.1. The predicted molar refractivity (Wildman–Crippen MR) is 132 cm³/mol. The molecule has 35 heavy (non-hydrogen) atoms. The average Bonchev–Trinajstić information content (AvgIpc) is 2.85. The number of carbonyl (C=O) groups excluding carboxylic acids is 3. The molecular formula is C25H22ClFN4O4. The molecule has 0 spiro atoms. The Morgan fingerprint density at radius 3 is 2.29 bits per heavy atom. The van der Waals surface area contributed by atoms with E-state index < -0.39 is 17.6 Å². The van der Waals surface area contributed by atoms with Gasteiger partial charge in [-0.05, 0) is 66.6 Å². The van der Waals surface area contributed by atoms with E-state index in [4.69, 9.17) is 16.3 Å². The number of anilines is 2. The van der Waals surface area contributed by atoms with E-state index in [0.717, 1.165) is 24.1 Å². The van der Waals surface area contributed by atoms with E-state index in [9.17, 15) is 18.8 Å². The number of aryl methyl sites for hydroxylation is 1. The minimum Gasteiger partial charge on any atom is -0.483 e. The molecule has 0 saturated carbocycles. The van der Waals surface area contributed by atoms with Crippen LogP contribution < -0.4 is 20.8 Å².